The first kappa shape index (κ1) is 21.2. The molecule has 24 heavy (non-hydrogen) atoms. The molecule has 0 aliphatic carbocycles. The standard InChI is InChI=1S/C16H23BrN4O2.HI/c1-11-5-6-12(17)8-14(11)21-15(22)10-20-16(18-2)19-9-13-4-3-7-23-13;/h5-6,8,13H,3-4,7,9-10H2,1-2H3,(H,21,22)(H2,18,19,20);1H. The SMILES string of the molecule is CN=C(NCC(=O)Nc1cc(Br)ccc1C)NCC1CCCO1.I. The van der Waals surface area contributed by atoms with Crippen molar-refractivity contribution in [3.05, 3.63) is 28.2 Å². The summed E-state index contributed by atoms with van der Waals surface area (Å²) in [5, 5.41) is 9.07. The van der Waals surface area contributed by atoms with Crippen molar-refractivity contribution in [2.24, 2.45) is 4.99 Å². The van der Waals surface area contributed by atoms with Crippen molar-refractivity contribution in [3.8, 4) is 0 Å². The summed E-state index contributed by atoms with van der Waals surface area (Å²) < 4.78 is 6.48. The summed E-state index contributed by atoms with van der Waals surface area (Å²) in [6, 6.07) is 5.78. The fraction of sp³-hybridized carbons (Fsp3) is 0.500. The Morgan fingerprint density at radius 1 is 1.42 bits per heavy atom. The summed E-state index contributed by atoms with van der Waals surface area (Å²) in [5.41, 5.74) is 1.82. The van der Waals surface area contributed by atoms with Crippen LogP contribution in [0, 0.1) is 6.92 Å². The van der Waals surface area contributed by atoms with Gasteiger partial charge in [0.05, 0.1) is 12.6 Å². The number of ether oxygens (including phenoxy) is 1. The van der Waals surface area contributed by atoms with Crippen LogP contribution in [0.1, 0.15) is 18.4 Å². The number of hydrogen-bond acceptors (Lipinski definition) is 3. The third-order valence-electron chi connectivity index (χ3n) is 3.63. The van der Waals surface area contributed by atoms with Crippen molar-refractivity contribution in [2.75, 3.05) is 32.1 Å². The summed E-state index contributed by atoms with van der Waals surface area (Å²) in [4.78, 5) is 16.2. The second-order valence-electron chi connectivity index (χ2n) is 5.45. The number of carbonyl (C=O) groups excluding carboxylic acids is 1. The lowest BCUT2D eigenvalue weighted by molar-refractivity contribution is -0.115. The van der Waals surface area contributed by atoms with Gasteiger partial charge in [-0.1, -0.05) is 22.0 Å². The number of nitrogens with zero attached hydrogens (tertiary/aromatic N) is 1. The zero-order chi connectivity index (χ0) is 16.7. The number of hydrogen-bond donors (Lipinski definition) is 3. The lowest BCUT2D eigenvalue weighted by atomic mass is 10.2. The minimum Gasteiger partial charge on any atom is -0.376 e. The number of benzene rings is 1. The van der Waals surface area contributed by atoms with Crippen LogP contribution < -0.4 is 16.0 Å². The Morgan fingerprint density at radius 2 is 2.21 bits per heavy atom. The number of carbonyl (C=O) groups is 1. The molecule has 1 aliphatic rings. The van der Waals surface area contributed by atoms with Crippen LogP contribution in [-0.4, -0.2) is 44.7 Å². The molecular weight excluding hydrogens is 487 g/mol. The highest BCUT2D eigenvalue weighted by Crippen LogP contribution is 2.20. The summed E-state index contributed by atoms with van der Waals surface area (Å²) in [6.07, 6.45) is 2.39. The molecule has 6 nitrogen and oxygen atoms in total. The fourth-order valence-corrected chi connectivity index (χ4v) is 2.68. The number of aliphatic imine (C=N–C) groups is 1. The van der Waals surface area contributed by atoms with Gasteiger partial charge in [-0.2, -0.15) is 0 Å². The average molecular weight is 511 g/mol. The van der Waals surface area contributed by atoms with Crippen LogP contribution in [-0.2, 0) is 9.53 Å². The van der Waals surface area contributed by atoms with Gasteiger partial charge in [0.15, 0.2) is 5.96 Å². The van der Waals surface area contributed by atoms with Crippen molar-refractivity contribution in [1.29, 1.82) is 0 Å². The van der Waals surface area contributed by atoms with Gasteiger partial charge in [-0.15, -0.1) is 24.0 Å². The first-order valence-corrected chi connectivity index (χ1v) is 8.50. The van der Waals surface area contributed by atoms with Gasteiger partial charge in [0, 0.05) is 30.4 Å². The molecule has 8 heteroatoms. The normalized spacial score (nSPS) is 17.1. The molecule has 1 atom stereocenters. The molecule has 1 aromatic carbocycles. The third kappa shape index (κ3) is 6.94. The monoisotopic (exact) mass is 510 g/mol. The summed E-state index contributed by atoms with van der Waals surface area (Å²) in [7, 11) is 1.68. The van der Waals surface area contributed by atoms with Crippen molar-refractivity contribution in [3.63, 3.8) is 0 Å². The predicted octanol–water partition coefficient (Wildman–Crippen LogP) is 2.66. The molecule has 3 N–H and O–H groups in total. The highest BCUT2D eigenvalue weighted by Gasteiger charge is 2.15. The molecule has 0 spiro atoms. The minimum absolute atomic E-state index is 0. The van der Waals surface area contributed by atoms with Crippen LogP contribution in [0.2, 0.25) is 0 Å². The van der Waals surface area contributed by atoms with Crippen LogP contribution in [0.5, 0.6) is 0 Å². The number of guanidine groups is 1. The third-order valence-corrected chi connectivity index (χ3v) is 4.13. The molecule has 1 aliphatic heterocycles. The zero-order valence-electron chi connectivity index (χ0n) is 13.9. The molecule has 1 aromatic rings. The lowest BCUT2D eigenvalue weighted by Gasteiger charge is -2.15. The Bertz CT molecular complexity index is 577. The molecule has 0 bridgehead atoms. The van der Waals surface area contributed by atoms with Crippen LogP contribution in [0.15, 0.2) is 27.7 Å². The molecule has 0 saturated carbocycles. The van der Waals surface area contributed by atoms with E-state index >= 15 is 0 Å². The van der Waals surface area contributed by atoms with E-state index in [1.807, 2.05) is 25.1 Å². The molecule has 134 valence electrons. The Hall–Kier alpha value is -0.870. The molecular formula is C16H24BrIN4O2. The number of nitrogens with one attached hydrogen (secondary N) is 3. The second-order valence-corrected chi connectivity index (χ2v) is 6.36. The van der Waals surface area contributed by atoms with E-state index in [-0.39, 0.29) is 42.5 Å². The van der Waals surface area contributed by atoms with Gasteiger partial charge in [0.25, 0.3) is 0 Å². The van der Waals surface area contributed by atoms with Crippen molar-refractivity contribution in [1.82, 2.24) is 10.6 Å². The maximum atomic E-state index is 12.1. The molecule has 0 radical (unpaired) electrons. The van der Waals surface area contributed by atoms with Gasteiger partial charge in [-0.05, 0) is 37.5 Å². The molecule has 2 rings (SSSR count). The van der Waals surface area contributed by atoms with Gasteiger partial charge < -0.3 is 20.7 Å². The summed E-state index contributed by atoms with van der Waals surface area (Å²) in [5.74, 6) is 0.480. The highest BCUT2D eigenvalue weighted by atomic mass is 127. The van der Waals surface area contributed by atoms with E-state index in [2.05, 4.69) is 36.9 Å². The predicted molar refractivity (Wildman–Crippen MR) is 111 cm³/mol. The Kier molecular flexibility index (Phi) is 9.60. The van der Waals surface area contributed by atoms with Gasteiger partial charge in [-0.25, -0.2) is 0 Å². The van der Waals surface area contributed by atoms with Crippen LogP contribution in [0.4, 0.5) is 5.69 Å². The zero-order valence-corrected chi connectivity index (χ0v) is 17.8. The van der Waals surface area contributed by atoms with E-state index in [0.29, 0.717) is 12.5 Å². The topological polar surface area (TPSA) is 74.8 Å². The first-order valence-electron chi connectivity index (χ1n) is 7.70. The minimum atomic E-state index is -0.119. The Morgan fingerprint density at radius 3 is 2.88 bits per heavy atom. The van der Waals surface area contributed by atoms with E-state index in [4.69, 9.17) is 4.74 Å². The molecule has 1 fully saturated rings. The number of aryl methyl sites for hydroxylation is 1. The van der Waals surface area contributed by atoms with Gasteiger partial charge in [0.2, 0.25) is 5.91 Å². The molecule has 1 unspecified atom stereocenters. The maximum absolute atomic E-state index is 12.1. The number of rotatable bonds is 5. The van der Waals surface area contributed by atoms with Crippen molar-refractivity contribution >= 4 is 57.5 Å². The van der Waals surface area contributed by atoms with E-state index in [9.17, 15) is 4.79 Å². The van der Waals surface area contributed by atoms with E-state index in [1.54, 1.807) is 7.05 Å². The summed E-state index contributed by atoms with van der Waals surface area (Å²) >= 11 is 3.40. The Balaban J connectivity index is 0.00000288. The van der Waals surface area contributed by atoms with E-state index < -0.39 is 0 Å². The van der Waals surface area contributed by atoms with E-state index in [1.165, 1.54) is 0 Å². The largest absolute Gasteiger partial charge is 0.376 e. The fourth-order valence-electron chi connectivity index (χ4n) is 2.32. The molecule has 1 saturated heterocycles. The number of anilines is 1. The van der Waals surface area contributed by atoms with Crippen LogP contribution in [0.3, 0.4) is 0 Å². The maximum Gasteiger partial charge on any atom is 0.243 e. The van der Waals surface area contributed by atoms with Crippen molar-refractivity contribution < 1.29 is 9.53 Å². The lowest BCUT2D eigenvalue weighted by Crippen LogP contribution is -2.43. The van der Waals surface area contributed by atoms with E-state index in [0.717, 1.165) is 35.2 Å². The summed E-state index contributed by atoms with van der Waals surface area (Å²) in [6.45, 7) is 3.63. The average Bonchev–Trinajstić information content (AvgIpc) is 3.04. The number of amides is 1. The quantitative estimate of drug-likeness (QED) is 0.323. The van der Waals surface area contributed by atoms with Crippen molar-refractivity contribution in [2.45, 2.75) is 25.9 Å². The highest BCUT2D eigenvalue weighted by molar-refractivity contribution is 14.0. The molecule has 1 heterocycles. The second kappa shape index (κ2) is 10.9. The molecule has 0 aromatic heterocycles. The molecule has 1 amide bonds. The van der Waals surface area contributed by atoms with Gasteiger partial charge >= 0.3 is 0 Å². The first-order chi connectivity index (χ1) is 11.1. The van der Waals surface area contributed by atoms with Gasteiger partial charge in [-0.3, -0.25) is 9.79 Å². The van der Waals surface area contributed by atoms with Gasteiger partial charge in [0.1, 0.15) is 0 Å². The van der Waals surface area contributed by atoms with Crippen LogP contribution >= 0.6 is 39.9 Å². The van der Waals surface area contributed by atoms with Crippen LogP contribution in [0.25, 0.3) is 0 Å². The smallest absolute Gasteiger partial charge is 0.243 e. The number of halogens is 2. The Labute approximate surface area is 168 Å².